The van der Waals surface area contributed by atoms with E-state index in [2.05, 4.69) is 40.3 Å². The first-order valence-corrected chi connectivity index (χ1v) is 11.4. The van der Waals surface area contributed by atoms with Gasteiger partial charge in [0.2, 0.25) is 5.95 Å². The maximum Gasteiger partial charge on any atom is 0.232 e. The standard InChI is InChI=1S/C22H32N6OS/c1-15-10-16(2)14-28(13-15)20-11-19(27-8-4-5-9-27)24-21(25-20)26-22(30)23-12-18-7-6-17(3)29-18/h6-7,11,15-16H,4-5,8-10,12-14H2,1-3H3,(H2,23,24,25,26,30). The van der Waals surface area contributed by atoms with Gasteiger partial charge >= 0.3 is 0 Å². The van der Waals surface area contributed by atoms with Gasteiger partial charge in [0.25, 0.3) is 0 Å². The molecule has 0 radical (unpaired) electrons. The molecule has 2 aromatic rings. The van der Waals surface area contributed by atoms with Crippen molar-refractivity contribution in [1.82, 2.24) is 15.3 Å². The van der Waals surface area contributed by atoms with Crippen LogP contribution in [0.4, 0.5) is 17.6 Å². The van der Waals surface area contributed by atoms with Gasteiger partial charge in [-0.05, 0) is 62.4 Å². The van der Waals surface area contributed by atoms with Crippen LogP contribution in [0.3, 0.4) is 0 Å². The minimum Gasteiger partial charge on any atom is -0.465 e. The van der Waals surface area contributed by atoms with Gasteiger partial charge in [-0.2, -0.15) is 9.97 Å². The molecule has 2 aromatic heterocycles. The molecule has 4 rings (SSSR count). The van der Waals surface area contributed by atoms with Crippen molar-refractivity contribution in [2.75, 3.05) is 41.3 Å². The number of piperidine rings is 1. The lowest BCUT2D eigenvalue weighted by molar-refractivity contribution is 0.355. The number of rotatable bonds is 5. The summed E-state index contributed by atoms with van der Waals surface area (Å²) in [6.45, 7) is 11.2. The molecule has 2 fully saturated rings. The second-order valence-electron chi connectivity index (χ2n) is 8.77. The normalized spacial score (nSPS) is 21.7. The number of nitrogens with zero attached hydrogens (tertiary/aromatic N) is 4. The Morgan fingerprint density at radius 2 is 1.77 bits per heavy atom. The van der Waals surface area contributed by atoms with Crippen LogP contribution < -0.4 is 20.4 Å². The number of hydrogen-bond donors (Lipinski definition) is 2. The maximum absolute atomic E-state index is 5.59. The van der Waals surface area contributed by atoms with E-state index < -0.39 is 0 Å². The summed E-state index contributed by atoms with van der Waals surface area (Å²) in [4.78, 5) is 14.3. The van der Waals surface area contributed by atoms with Crippen molar-refractivity contribution in [2.45, 2.75) is 46.6 Å². The highest BCUT2D eigenvalue weighted by atomic mass is 32.1. The highest BCUT2D eigenvalue weighted by molar-refractivity contribution is 7.80. The molecule has 2 aliphatic rings. The molecule has 0 bridgehead atoms. The molecule has 30 heavy (non-hydrogen) atoms. The summed E-state index contributed by atoms with van der Waals surface area (Å²) in [5.41, 5.74) is 0. The fourth-order valence-corrected chi connectivity index (χ4v) is 4.65. The topological polar surface area (TPSA) is 69.5 Å². The molecule has 2 saturated heterocycles. The van der Waals surface area contributed by atoms with Crippen molar-refractivity contribution in [3.63, 3.8) is 0 Å². The van der Waals surface area contributed by atoms with Crippen molar-refractivity contribution >= 4 is 34.9 Å². The molecular weight excluding hydrogens is 396 g/mol. The number of furan rings is 1. The van der Waals surface area contributed by atoms with Crippen LogP contribution in [0.5, 0.6) is 0 Å². The molecule has 2 atom stereocenters. The van der Waals surface area contributed by atoms with Crippen LogP contribution in [0.15, 0.2) is 22.6 Å². The molecule has 7 nitrogen and oxygen atoms in total. The third-order valence-electron chi connectivity index (χ3n) is 5.77. The molecule has 2 N–H and O–H groups in total. The highest BCUT2D eigenvalue weighted by Gasteiger charge is 2.25. The zero-order chi connectivity index (χ0) is 21.1. The minimum atomic E-state index is 0.494. The van der Waals surface area contributed by atoms with Gasteiger partial charge in [0.05, 0.1) is 6.54 Å². The number of aromatic nitrogens is 2. The van der Waals surface area contributed by atoms with Gasteiger partial charge in [0.1, 0.15) is 23.2 Å². The van der Waals surface area contributed by atoms with Crippen LogP contribution in [-0.2, 0) is 6.54 Å². The zero-order valence-corrected chi connectivity index (χ0v) is 19.0. The molecule has 162 valence electrons. The zero-order valence-electron chi connectivity index (χ0n) is 18.1. The summed E-state index contributed by atoms with van der Waals surface area (Å²) in [5.74, 6) is 5.58. The smallest absolute Gasteiger partial charge is 0.232 e. The molecule has 4 heterocycles. The Hall–Kier alpha value is -2.35. The van der Waals surface area contributed by atoms with E-state index in [-0.39, 0.29) is 0 Å². The van der Waals surface area contributed by atoms with Crippen molar-refractivity contribution in [1.29, 1.82) is 0 Å². The molecular formula is C22H32N6OS. The predicted molar refractivity (Wildman–Crippen MR) is 125 cm³/mol. The Morgan fingerprint density at radius 3 is 2.40 bits per heavy atom. The minimum absolute atomic E-state index is 0.494. The Balaban J connectivity index is 1.50. The Bertz CT molecular complexity index is 868. The molecule has 8 heteroatoms. The van der Waals surface area contributed by atoms with Crippen molar-refractivity contribution < 1.29 is 4.42 Å². The lowest BCUT2D eigenvalue weighted by Crippen LogP contribution is -2.39. The predicted octanol–water partition coefficient (Wildman–Crippen LogP) is 3.95. The quantitative estimate of drug-likeness (QED) is 0.694. The van der Waals surface area contributed by atoms with Gasteiger partial charge in [-0.3, -0.25) is 0 Å². The SMILES string of the molecule is Cc1ccc(CNC(=S)Nc2nc(N3CCCC3)cc(N3CC(C)CC(C)C3)n2)o1. The van der Waals surface area contributed by atoms with Gasteiger partial charge in [-0.25, -0.2) is 0 Å². The van der Waals surface area contributed by atoms with Crippen molar-refractivity contribution in [3.8, 4) is 0 Å². The molecule has 0 spiro atoms. The van der Waals surface area contributed by atoms with E-state index in [1.54, 1.807) is 0 Å². The Morgan fingerprint density at radius 1 is 1.10 bits per heavy atom. The fraction of sp³-hybridized carbons (Fsp3) is 0.591. The molecule has 0 saturated carbocycles. The first kappa shape index (κ1) is 20.9. The van der Waals surface area contributed by atoms with Crippen LogP contribution >= 0.6 is 12.2 Å². The van der Waals surface area contributed by atoms with Gasteiger partial charge in [-0.15, -0.1) is 0 Å². The number of nitrogens with one attached hydrogen (secondary N) is 2. The maximum atomic E-state index is 5.59. The molecule has 2 unspecified atom stereocenters. The first-order valence-electron chi connectivity index (χ1n) is 11.0. The number of aryl methyl sites for hydroxylation is 1. The molecule has 0 amide bonds. The largest absolute Gasteiger partial charge is 0.465 e. The van der Waals surface area contributed by atoms with Gasteiger partial charge in [-0.1, -0.05) is 13.8 Å². The lowest BCUT2D eigenvalue weighted by Gasteiger charge is -2.36. The summed E-state index contributed by atoms with van der Waals surface area (Å²) in [5, 5.41) is 6.86. The summed E-state index contributed by atoms with van der Waals surface area (Å²) < 4.78 is 5.59. The monoisotopic (exact) mass is 428 g/mol. The highest BCUT2D eigenvalue weighted by Crippen LogP contribution is 2.29. The molecule has 0 aromatic carbocycles. The Labute approximate surface area is 184 Å². The van der Waals surface area contributed by atoms with E-state index in [1.165, 1.54) is 19.3 Å². The third-order valence-corrected chi connectivity index (χ3v) is 6.01. The van der Waals surface area contributed by atoms with E-state index in [9.17, 15) is 0 Å². The summed E-state index contributed by atoms with van der Waals surface area (Å²) in [7, 11) is 0. The second kappa shape index (κ2) is 9.20. The van der Waals surface area contributed by atoms with Crippen LogP contribution in [0, 0.1) is 18.8 Å². The van der Waals surface area contributed by atoms with Gasteiger partial charge in [0.15, 0.2) is 5.11 Å². The first-order chi connectivity index (χ1) is 14.5. The molecule has 0 aliphatic carbocycles. The van der Waals surface area contributed by atoms with Crippen LogP contribution in [0.2, 0.25) is 0 Å². The molecule has 2 aliphatic heterocycles. The van der Waals surface area contributed by atoms with Crippen LogP contribution in [-0.4, -0.2) is 41.3 Å². The summed E-state index contributed by atoms with van der Waals surface area (Å²) >= 11 is 5.49. The van der Waals surface area contributed by atoms with Crippen molar-refractivity contribution in [3.05, 3.63) is 29.7 Å². The number of thiocarbonyl (C=S) groups is 1. The summed E-state index contributed by atoms with van der Waals surface area (Å²) in [6.07, 6.45) is 3.69. The van der Waals surface area contributed by atoms with Crippen LogP contribution in [0.25, 0.3) is 0 Å². The van der Waals surface area contributed by atoms with Gasteiger partial charge in [0, 0.05) is 32.2 Å². The van der Waals surface area contributed by atoms with E-state index in [1.807, 2.05) is 19.1 Å². The van der Waals surface area contributed by atoms with E-state index in [0.29, 0.717) is 29.4 Å². The average Bonchev–Trinajstić information content (AvgIpc) is 3.37. The van der Waals surface area contributed by atoms with E-state index in [4.69, 9.17) is 26.6 Å². The summed E-state index contributed by atoms with van der Waals surface area (Å²) in [6, 6.07) is 6.04. The van der Waals surface area contributed by atoms with E-state index in [0.717, 1.165) is 49.3 Å². The fourth-order valence-electron chi connectivity index (χ4n) is 4.49. The average molecular weight is 429 g/mol. The second-order valence-corrected chi connectivity index (χ2v) is 9.18. The lowest BCUT2D eigenvalue weighted by atomic mass is 9.92. The van der Waals surface area contributed by atoms with Gasteiger partial charge < -0.3 is 24.9 Å². The van der Waals surface area contributed by atoms with Crippen LogP contribution in [0.1, 0.15) is 44.6 Å². The number of anilines is 3. The van der Waals surface area contributed by atoms with Crippen molar-refractivity contribution in [2.24, 2.45) is 11.8 Å². The number of hydrogen-bond acceptors (Lipinski definition) is 6. The van der Waals surface area contributed by atoms with E-state index >= 15 is 0 Å². The Kier molecular flexibility index (Phi) is 6.41. The third kappa shape index (κ3) is 5.22.